The lowest BCUT2D eigenvalue weighted by Gasteiger charge is -2.29. The summed E-state index contributed by atoms with van der Waals surface area (Å²) in [5, 5.41) is 3.17. The normalized spacial score (nSPS) is 16.4. The number of nitrogens with zero attached hydrogens (tertiary/aromatic N) is 4. The predicted octanol–water partition coefficient (Wildman–Crippen LogP) is 2.98. The number of nitrogens with one attached hydrogen (secondary N) is 1. The second-order valence-electron chi connectivity index (χ2n) is 7.98. The highest BCUT2D eigenvalue weighted by atomic mass is 19.2. The van der Waals surface area contributed by atoms with E-state index < -0.39 is 11.6 Å². The van der Waals surface area contributed by atoms with Crippen molar-refractivity contribution in [1.82, 2.24) is 20.2 Å². The zero-order valence-electron chi connectivity index (χ0n) is 18.6. The Balaban J connectivity index is 1.89. The molecule has 9 heteroatoms. The van der Waals surface area contributed by atoms with E-state index in [4.69, 9.17) is 4.74 Å². The number of aromatic nitrogens is 2. The van der Waals surface area contributed by atoms with Gasteiger partial charge in [-0.25, -0.2) is 18.7 Å². The molecule has 1 fully saturated rings. The van der Waals surface area contributed by atoms with Crippen LogP contribution in [0, 0.1) is 17.6 Å². The number of likely N-dealkylation sites (N-methyl/N-ethyl adjacent to an activating group) is 2. The molecule has 2 heterocycles. The Morgan fingerprint density at radius 3 is 2.55 bits per heavy atom. The van der Waals surface area contributed by atoms with E-state index in [0.717, 1.165) is 25.1 Å². The van der Waals surface area contributed by atoms with E-state index >= 15 is 0 Å². The smallest absolute Gasteiger partial charge is 0.258 e. The van der Waals surface area contributed by atoms with Crippen LogP contribution in [0.1, 0.15) is 34.1 Å². The van der Waals surface area contributed by atoms with Crippen LogP contribution >= 0.6 is 0 Å². The second kappa shape index (κ2) is 10.2. The number of carbonyl (C=O) groups excluding carboxylic acids is 1. The summed E-state index contributed by atoms with van der Waals surface area (Å²) >= 11 is 0. The van der Waals surface area contributed by atoms with Crippen LogP contribution in [-0.4, -0.2) is 66.1 Å². The first-order valence-electron chi connectivity index (χ1n) is 10.9. The van der Waals surface area contributed by atoms with Gasteiger partial charge in [0, 0.05) is 44.2 Å². The van der Waals surface area contributed by atoms with Gasteiger partial charge in [-0.3, -0.25) is 4.79 Å². The molecule has 0 bridgehead atoms. The Hall–Kier alpha value is -2.55. The molecule has 1 aromatic carbocycles. The highest BCUT2D eigenvalue weighted by molar-refractivity contribution is 5.79. The van der Waals surface area contributed by atoms with Crippen molar-refractivity contribution in [3.05, 3.63) is 23.8 Å². The largest absolute Gasteiger partial charge is 0.474 e. The molecule has 3 rings (SSSR count). The van der Waals surface area contributed by atoms with Crippen LogP contribution < -0.4 is 15.0 Å². The van der Waals surface area contributed by atoms with Gasteiger partial charge in [-0.2, -0.15) is 0 Å². The van der Waals surface area contributed by atoms with Gasteiger partial charge < -0.3 is 19.9 Å². The van der Waals surface area contributed by atoms with Crippen LogP contribution in [0.5, 0.6) is 5.88 Å². The van der Waals surface area contributed by atoms with Gasteiger partial charge in [0.15, 0.2) is 17.5 Å². The number of benzene rings is 1. The SMILES string of the molecule is CCNCCOc1nc2cc(F)c(F)cc2nc1N1CC[C@H](N(CC)C(=O)C(C)C)C1. The van der Waals surface area contributed by atoms with Crippen LogP contribution in [0.3, 0.4) is 0 Å². The molecule has 170 valence electrons. The molecule has 7 nitrogen and oxygen atoms in total. The van der Waals surface area contributed by atoms with Gasteiger partial charge in [0.1, 0.15) is 6.61 Å². The number of anilines is 1. The average molecular weight is 436 g/mol. The average Bonchev–Trinajstić information content (AvgIpc) is 3.21. The molecule has 2 aromatic rings. The molecule has 1 aliphatic heterocycles. The van der Waals surface area contributed by atoms with Crippen molar-refractivity contribution in [1.29, 1.82) is 0 Å². The standard InChI is InChI=1S/C22H31F2N5O2/c1-5-25-8-10-31-21-20(26-18-11-16(23)17(24)12-19(18)27-21)28-9-7-15(13-28)29(6-2)22(30)14(3)4/h11-12,14-15,25H,5-10,13H2,1-4H3/t15-/m0/s1. The fourth-order valence-electron chi connectivity index (χ4n) is 3.84. The van der Waals surface area contributed by atoms with Crippen LogP contribution in [0.25, 0.3) is 11.0 Å². The van der Waals surface area contributed by atoms with Gasteiger partial charge in [0.05, 0.1) is 17.1 Å². The van der Waals surface area contributed by atoms with Gasteiger partial charge in [0.25, 0.3) is 5.88 Å². The topological polar surface area (TPSA) is 70.6 Å². The fraction of sp³-hybridized carbons (Fsp3) is 0.591. The molecule has 0 aliphatic carbocycles. The van der Waals surface area contributed by atoms with Crippen LogP contribution in [0.4, 0.5) is 14.6 Å². The Kier molecular flexibility index (Phi) is 7.59. The lowest BCUT2D eigenvalue weighted by Crippen LogP contribution is -2.43. The van der Waals surface area contributed by atoms with E-state index in [1.54, 1.807) is 0 Å². The van der Waals surface area contributed by atoms with Crippen LogP contribution in [0.2, 0.25) is 0 Å². The lowest BCUT2D eigenvalue weighted by atomic mass is 10.1. The van der Waals surface area contributed by atoms with Gasteiger partial charge >= 0.3 is 0 Å². The quantitative estimate of drug-likeness (QED) is 0.611. The summed E-state index contributed by atoms with van der Waals surface area (Å²) in [7, 11) is 0. The van der Waals surface area contributed by atoms with Gasteiger partial charge in [-0.05, 0) is 19.9 Å². The molecule has 1 N–H and O–H groups in total. The summed E-state index contributed by atoms with van der Waals surface area (Å²) in [6, 6.07) is 2.14. The molecule has 1 amide bonds. The van der Waals surface area contributed by atoms with Crippen molar-refractivity contribution < 1.29 is 18.3 Å². The maximum Gasteiger partial charge on any atom is 0.258 e. The molecule has 1 atom stereocenters. The number of halogens is 2. The monoisotopic (exact) mass is 435 g/mol. The minimum absolute atomic E-state index is 0.0527. The first-order valence-corrected chi connectivity index (χ1v) is 10.9. The molecular formula is C22H31F2N5O2. The van der Waals surface area contributed by atoms with Crippen LogP contribution in [-0.2, 0) is 4.79 Å². The zero-order valence-corrected chi connectivity index (χ0v) is 18.6. The third kappa shape index (κ3) is 5.20. The number of carbonyl (C=O) groups is 1. The fourth-order valence-corrected chi connectivity index (χ4v) is 3.84. The summed E-state index contributed by atoms with van der Waals surface area (Å²) < 4.78 is 33.4. The highest BCUT2D eigenvalue weighted by Crippen LogP contribution is 2.31. The Morgan fingerprint density at radius 2 is 1.94 bits per heavy atom. The predicted molar refractivity (Wildman–Crippen MR) is 116 cm³/mol. The van der Waals surface area contributed by atoms with Gasteiger partial charge in [-0.15, -0.1) is 0 Å². The molecule has 1 aliphatic rings. The molecule has 0 radical (unpaired) electrons. The third-order valence-corrected chi connectivity index (χ3v) is 5.45. The van der Waals surface area contributed by atoms with Crippen molar-refractivity contribution in [3.8, 4) is 5.88 Å². The van der Waals surface area contributed by atoms with Crippen molar-refractivity contribution in [3.63, 3.8) is 0 Å². The maximum absolute atomic E-state index is 13.8. The summed E-state index contributed by atoms with van der Waals surface area (Å²) in [5.74, 6) is -1.11. The highest BCUT2D eigenvalue weighted by Gasteiger charge is 2.33. The van der Waals surface area contributed by atoms with Gasteiger partial charge in [-0.1, -0.05) is 20.8 Å². The number of amides is 1. The molecule has 0 spiro atoms. The van der Waals surface area contributed by atoms with Crippen molar-refractivity contribution >= 4 is 22.8 Å². The van der Waals surface area contributed by atoms with E-state index in [1.165, 1.54) is 0 Å². The first-order chi connectivity index (χ1) is 14.8. The Labute approximate surface area is 181 Å². The molecule has 0 unspecified atom stereocenters. The number of rotatable bonds is 9. The third-order valence-electron chi connectivity index (χ3n) is 5.45. The number of hydrogen-bond acceptors (Lipinski definition) is 6. The van der Waals surface area contributed by atoms with E-state index in [0.29, 0.717) is 38.6 Å². The summed E-state index contributed by atoms with van der Waals surface area (Å²) in [6.07, 6.45) is 0.792. The minimum Gasteiger partial charge on any atom is -0.474 e. The molecule has 1 saturated heterocycles. The van der Waals surface area contributed by atoms with Crippen LogP contribution in [0.15, 0.2) is 12.1 Å². The number of hydrogen-bond donors (Lipinski definition) is 1. The van der Waals surface area contributed by atoms with E-state index in [1.807, 2.05) is 37.5 Å². The van der Waals surface area contributed by atoms with Crippen molar-refractivity contribution in [2.24, 2.45) is 5.92 Å². The minimum atomic E-state index is -0.972. The van der Waals surface area contributed by atoms with E-state index in [9.17, 15) is 13.6 Å². The van der Waals surface area contributed by atoms with Crippen molar-refractivity contribution in [2.45, 2.75) is 40.2 Å². The Morgan fingerprint density at radius 1 is 1.26 bits per heavy atom. The molecule has 1 aromatic heterocycles. The molecule has 31 heavy (non-hydrogen) atoms. The molecule has 0 saturated carbocycles. The van der Waals surface area contributed by atoms with E-state index in [-0.39, 0.29) is 34.8 Å². The second-order valence-corrected chi connectivity index (χ2v) is 7.98. The van der Waals surface area contributed by atoms with Crippen molar-refractivity contribution in [2.75, 3.05) is 44.2 Å². The first kappa shape index (κ1) is 23.1. The zero-order chi connectivity index (χ0) is 22.5. The summed E-state index contributed by atoms with van der Waals surface area (Å²) in [5.41, 5.74) is 0.504. The molecular weight excluding hydrogens is 404 g/mol. The summed E-state index contributed by atoms with van der Waals surface area (Å²) in [6.45, 7) is 11.5. The number of ether oxygens (including phenoxy) is 1. The van der Waals surface area contributed by atoms with Gasteiger partial charge in [0.2, 0.25) is 5.91 Å². The number of fused-ring (bicyclic) bond motifs is 1. The van der Waals surface area contributed by atoms with E-state index in [2.05, 4.69) is 15.3 Å². The summed E-state index contributed by atoms with van der Waals surface area (Å²) in [4.78, 5) is 25.5. The Bertz CT molecular complexity index is 924. The maximum atomic E-state index is 13.8. The lowest BCUT2D eigenvalue weighted by molar-refractivity contribution is -0.136.